The predicted octanol–water partition coefficient (Wildman–Crippen LogP) is 4.83. The van der Waals surface area contributed by atoms with Crippen LogP contribution in [0.4, 0.5) is 11.4 Å². The van der Waals surface area contributed by atoms with Gasteiger partial charge >= 0.3 is 0 Å². The van der Waals surface area contributed by atoms with E-state index in [1.54, 1.807) is 12.1 Å². The zero-order valence-corrected chi connectivity index (χ0v) is 15.8. The van der Waals surface area contributed by atoms with Crippen LogP contribution in [0.3, 0.4) is 0 Å². The van der Waals surface area contributed by atoms with E-state index < -0.39 is 0 Å². The monoisotopic (exact) mass is 394 g/mol. The molecule has 0 unspecified atom stereocenters. The molecule has 0 bridgehead atoms. The van der Waals surface area contributed by atoms with Crippen LogP contribution >= 0.6 is 11.6 Å². The number of fused-ring (bicyclic) bond motifs is 1. The fraction of sp³-hybridized carbons (Fsp3) is 0.136. The number of para-hydroxylation sites is 1. The van der Waals surface area contributed by atoms with Crippen LogP contribution in [0.15, 0.2) is 66.7 Å². The molecule has 0 saturated heterocycles. The molecule has 3 aromatic carbocycles. The van der Waals surface area contributed by atoms with E-state index >= 15 is 0 Å². The Morgan fingerprint density at radius 2 is 1.57 bits per heavy atom. The van der Waals surface area contributed by atoms with Crippen molar-refractivity contribution in [3.05, 3.63) is 71.8 Å². The number of ether oxygens (including phenoxy) is 2. The molecule has 1 aliphatic rings. The van der Waals surface area contributed by atoms with E-state index in [-0.39, 0.29) is 12.5 Å². The molecule has 1 amide bonds. The molecule has 1 aliphatic heterocycles. The standard InChI is InChI=1S/C22H19ClN2O3/c23-17-12-20-21(28-11-10-27-20)13-19(17)25-22(26)14-24-18-9-5-4-8-16(18)15-6-2-1-3-7-15/h1-9,12-13,24H,10-11,14H2,(H,25,26). The predicted molar refractivity (Wildman–Crippen MR) is 111 cm³/mol. The van der Waals surface area contributed by atoms with Crippen LogP contribution in [-0.4, -0.2) is 25.7 Å². The Balaban J connectivity index is 1.45. The fourth-order valence-corrected chi connectivity index (χ4v) is 3.24. The van der Waals surface area contributed by atoms with E-state index in [0.29, 0.717) is 35.4 Å². The van der Waals surface area contributed by atoms with E-state index in [1.807, 2.05) is 54.6 Å². The minimum atomic E-state index is -0.207. The van der Waals surface area contributed by atoms with Crippen LogP contribution in [0, 0.1) is 0 Å². The highest BCUT2D eigenvalue weighted by atomic mass is 35.5. The van der Waals surface area contributed by atoms with Crippen LogP contribution in [0.25, 0.3) is 11.1 Å². The lowest BCUT2D eigenvalue weighted by Crippen LogP contribution is -2.22. The quantitative estimate of drug-likeness (QED) is 0.650. The maximum absolute atomic E-state index is 12.4. The van der Waals surface area contributed by atoms with E-state index in [9.17, 15) is 4.79 Å². The first-order valence-electron chi connectivity index (χ1n) is 8.98. The number of carbonyl (C=O) groups excluding carboxylic acids is 1. The van der Waals surface area contributed by atoms with Gasteiger partial charge in [-0.05, 0) is 11.6 Å². The SMILES string of the molecule is O=C(CNc1ccccc1-c1ccccc1)Nc1cc2c(cc1Cl)OCCO2. The lowest BCUT2D eigenvalue weighted by Gasteiger charge is -2.20. The first-order valence-corrected chi connectivity index (χ1v) is 9.36. The second kappa shape index (κ2) is 8.23. The average Bonchev–Trinajstić information content (AvgIpc) is 2.74. The summed E-state index contributed by atoms with van der Waals surface area (Å²) in [6, 6.07) is 21.3. The van der Waals surface area contributed by atoms with Crippen molar-refractivity contribution in [3.8, 4) is 22.6 Å². The molecule has 28 heavy (non-hydrogen) atoms. The maximum atomic E-state index is 12.4. The first-order chi connectivity index (χ1) is 13.7. The highest BCUT2D eigenvalue weighted by Gasteiger charge is 2.16. The molecule has 0 atom stereocenters. The molecule has 0 saturated carbocycles. The van der Waals surface area contributed by atoms with E-state index in [2.05, 4.69) is 10.6 Å². The van der Waals surface area contributed by atoms with Crippen molar-refractivity contribution in [2.45, 2.75) is 0 Å². The smallest absolute Gasteiger partial charge is 0.243 e. The third-order valence-electron chi connectivity index (χ3n) is 4.36. The van der Waals surface area contributed by atoms with Gasteiger partial charge in [0.25, 0.3) is 0 Å². The molecule has 0 radical (unpaired) electrons. The Labute approximate surface area is 168 Å². The van der Waals surface area contributed by atoms with Crippen molar-refractivity contribution in [3.63, 3.8) is 0 Å². The van der Waals surface area contributed by atoms with Gasteiger partial charge in [0.05, 0.1) is 17.3 Å². The van der Waals surface area contributed by atoms with Crippen molar-refractivity contribution >= 4 is 28.9 Å². The Hall–Kier alpha value is -3.18. The minimum Gasteiger partial charge on any atom is -0.486 e. The van der Waals surface area contributed by atoms with Gasteiger partial charge in [0.15, 0.2) is 11.5 Å². The molecule has 5 nitrogen and oxygen atoms in total. The second-order valence-electron chi connectivity index (χ2n) is 6.29. The molecule has 0 fully saturated rings. The maximum Gasteiger partial charge on any atom is 0.243 e. The number of nitrogens with one attached hydrogen (secondary N) is 2. The number of hydrogen-bond donors (Lipinski definition) is 2. The number of halogens is 1. The second-order valence-corrected chi connectivity index (χ2v) is 6.70. The summed E-state index contributed by atoms with van der Waals surface area (Å²) >= 11 is 6.26. The van der Waals surface area contributed by atoms with E-state index in [1.165, 1.54) is 0 Å². The van der Waals surface area contributed by atoms with E-state index in [0.717, 1.165) is 16.8 Å². The molecule has 0 spiro atoms. The lowest BCUT2D eigenvalue weighted by molar-refractivity contribution is -0.114. The number of anilines is 2. The summed E-state index contributed by atoms with van der Waals surface area (Å²) in [5.41, 5.74) is 3.50. The average molecular weight is 395 g/mol. The Morgan fingerprint density at radius 3 is 2.36 bits per heavy atom. The summed E-state index contributed by atoms with van der Waals surface area (Å²) in [5, 5.41) is 6.43. The molecular formula is C22H19ClN2O3. The molecule has 0 aromatic heterocycles. The molecule has 142 valence electrons. The number of carbonyl (C=O) groups is 1. The molecule has 3 aromatic rings. The van der Waals surface area contributed by atoms with Crippen LogP contribution in [0.2, 0.25) is 5.02 Å². The highest BCUT2D eigenvalue weighted by molar-refractivity contribution is 6.34. The highest BCUT2D eigenvalue weighted by Crippen LogP contribution is 2.38. The summed E-state index contributed by atoms with van der Waals surface area (Å²) in [4.78, 5) is 12.4. The van der Waals surface area contributed by atoms with Crippen LogP contribution in [0.5, 0.6) is 11.5 Å². The molecular weight excluding hydrogens is 376 g/mol. The summed E-state index contributed by atoms with van der Waals surface area (Å²) in [6.45, 7) is 1.06. The Morgan fingerprint density at radius 1 is 0.893 bits per heavy atom. The van der Waals surface area contributed by atoms with Gasteiger partial charge in [0.1, 0.15) is 13.2 Å². The number of amides is 1. The van der Waals surface area contributed by atoms with Gasteiger partial charge in [-0.1, -0.05) is 60.1 Å². The van der Waals surface area contributed by atoms with Gasteiger partial charge < -0.3 is 20.1 Å². The van der Waals surface area contributed by atoms with Gasteiger partial charge in [-0.2, -0.15) is 0 Å². The topological polar surface area (TPSA) is 59.6 Å². The zero-order chi connectivity index (χ0) is 19.3. The molecule has 1 heterocycles. The van der Waals surface area contributed by atoms with Crippen molar-refractivity contribution < 1.29 is 14.3 Å². The van der Waals surface area contributed by atoms with Crippen molar-refractivity contribution in [2.75, 3.05) is 30.4 Å². The third kappa shape index (κ3) is 4.05. The fourth-order valence-electron chi connectivity index (χ4n) is 3.04. The molecule has 4 rings (SSSR count). The Kier molecular flexibility index (Phi) is 5.35. The normalized spacial score (nSPS) is 12.3. The van der Waals surface area contributed by atoms with Crippen molar-refractivity contribution in [2.24, 2.45) is 0 Å². The largest absolute Gasteiger partial charge is 0.486 e. The number of benzene rings is 3. The lowest BCUT2D eigenvalue weighted by atomic mass is 10.0. The third-order valence-corrected chi connectivity index (χ3v) is 4.67. The summed E-state index contributed by atoms with van der Waals surface area (Å²) in [7, 11) is 0. The summed E-state index contributed by atoms with van der Waals surface area (Å²) in [6.07, 6.45) is 0. The van der Waals surface area contributed by atoms with Gasteiger partial charge in [-0.25, -0.2) is 0 Å². The van der Waals surface area contributed by atoms with E-state index in [4.69, 9.17) is 21.1 Å². The van der Waals surface area contributed by atoms with Gasteiger partial charge in [0.2, 0.25) is 5.91 Å². The summed E-state index contributed by atoms with van der Waals surface area (Å²) < 4.78 is 11.0. The minimum absolute atomic E-state index is 0.106. The van der Waals surface area contributed by atoms with Gasteiger partial charge in [-0.3, -0.25) is 4.79 Å². The van der Waals surface area contributed by atoms with Gasteiger partial charge in [-0.15, -0.1) is 0 Å². The first kappa shape index (κ1) is 18.2. The number of hydrogen-bond acceptors (Lipinski definition) is 4. The molecule has 2 N–H and O–H groups in total. The van der Waals surface area contributed by atoms with Crippen molar-refractivity contribution in [1.29, 1.82) is 0 Å². The Bertz CT molecular complexity index is 992. The van der Waals surface area contributed by atoms with Crippen LogP contribution < -0.4 is 20.1 Å². The summed E-state index contributed by atoms with van der Waals surface area (Å²) in [5.74, 6) is 0.957. The molecule has 0 aliphatic carbocycles. The van der Waals surface area contributed by atoms with Crippen LogP contribution in [-0.2, 0) is 4.79 Å². The zero-order valence-electron chi connectivity index (χ0n) is 15.1. The van der Waals surface area contributed by atoms with Crippen molar-refractivity contribution in [1.82, 2.24) is 0 Å². The number of rotatable bonds is 5. The molecule has 6 heteroatoms. The van der Waals surface area contributed by atoms with Gasteiger partial charge in [0, 0.05) is 23.4 Å². The van der Waals surface area contributed by atoms with Crippen LogP contribution in [0.1, 0.15) is 0 Å².